The van der Waals surface area contributed by atoms with Gasteiger partial charge in [0.15, 0.2) is 5.78 Å². The molecule has 27 heavy (non-hydrogen) atoms. The summed E-state index contributed by atoms with van der Waals surface area (Å²) in [5.41, 5.74) is 2.98. The van der Waals surface area contributed by atoms with Crippen LogP contribution in [0.4, 0.5) is 0 Å². The summed E-state index contributed by atoms with van der Waals surface area (Å²) in [6, 6.07) is 16.7. The van der Waals surface area contributed by atoms with Gasteiger partial charge in [-0.1, -0.05) is 53.6 Å². The first-order valence-corrected chi connectivity index (χ1v) is 10.7. The van der Waals surface area contributed by atoms with Crippen molar-refractivity contribution in [1.29, 1.82) is 0 Å². The van der Waals surface area contributed by atoms with Gasteiger partial charge in [-0.25, -0.2) is 8.42 Å². The molecule has 5 heteroatoms. The Kier molecular flexibility index (Phi) is 4.52. The lowest BCUT2D eigenvalue weighted by Gasteiger charge is -2.31. The fraction of sp³-hybridized carbons (Fsp3) is 0.318. The number of carbonyl (C=O) groups is 1. The molecule has 1 heterocycles. The van der Waals surface area contributed by atoms with E-state index in [4.69, 9.17) is 0 Å². The zero-order chi connectivity index (χ0) is 19.2. The number of hydrogen-bond acceptors (Lipinski definition) is 3. The van der Waals surface area contributed by atoms with Crippen molar-refractivity contribution in [2.45, 2.75) is 24.7 Å². The molecule has 0 unspecified atom stereocenters. The highest BCUT2D eigenvalue weighted by Gasteiger charge is 2.47. The van der Waals surface area contributed by atoms with Gasteiger partial charge in [0.05, 0.1) is 10.8 Å². The second-order valence-corrected chi connectivity index (χ2v) is 9.52. The number of carbonyl (C=O) groups excluding carboxylic acids is 1. The van der Waals surface area contributed by atoms with Crippen molar-refractivity contribution in [3.05, 3.63) is 77.4 Å². The van der Waals surface area contributed by atoms with Crippen LogP contribution in [0.25, 0.3) is 0 Å². The second kappa shape index (κ2) is 6.73. The van der Waals surface area contributed by atoms with Crippen molar-refractivity contribution >= 4 is 15.8 Å². The van der Waals surface area contributed by atoms with Crippen molar-refractivity contribution in [2.75, 3.05) is 13.1 Å². The maximum atomic E-state index is 13.1. The van der Waals surface area contributed by atoms with Crippen LogP contribution in [0.3, 0.4) is 0 Å². The molecule has 140 valence electrons. The normalized spacial score (nSPS) is 25.9. The fourth-order valence-electron chi connectivity index (χ4n) is 4.37. The van der Waals surface area contributed by atoms with E-state index in [1.165, 1.54) is 0 Å². The largest absolute Gasteiger partial charge is 0.294 e. The number of aryl methyl sites for hydroxylation is 1. The average molecular weight is 381 g/mol. The lowest BCUT2D eigenvalue weighted by molar-refractivity contribution is -0.117. The van der Waals surface area contributed by atoms with E-state index in [1.807, 2.05) is 56.3 Å². The Labute approximate surface area is 160 Å². The summed E-state index contributed by atoms with van der Waals surface area (Å²) in [6.45, 7) is 4.68. The average Bonchev–Trinajstić information content (AvgIpc) is 3.09. The smallest absolute Gasteiger partial charge is 0.243 e. The molecular formula is C22H23NO3S. The van der Waals surface area contributed by atoms with E-state index in [9.17, 15) is 13.2 Å². The van der Waals surface area contributed by atoms with Gasteiger partial charge in [0.25, 0.3) is 0 Å². The van der Waals surface area contributed by atoms with Gasteiger partial charge in [-0.05, 0) is 49.5 Å². The molecule has 1 fully saturated rings. The Bertz CT molecular complexity index is 994. The number of hydrogen-bond donors (Lipinski definition) is 0. The predicted molar refractivity (Wildman–Crippen MR) is 105 cm³/mol. The Balaban J connectivity index is 1.69. The Morgan fingerprint density at radius 3 is 2.26 bits per heavy atom. The van der Waals surface area contributed by atoms with Crippen molar-refractivity contribution in [1.82, 2.24) is 4.31 Å². The summed E-state index contributed by atoms with van der Waals surface area (Å²) in [5.74, 6) is -0.147. The van der Waals surface area contributed by atoms with Gasteiger partial charge in [0, 0.05) is 13.1 Å². The molecule has 2 aromatic carbocycles. The maximum Gasteiger partial charge on any atom is 0.243 e. The van der Waals surface area contributed by atoms with Crippen LogP contribution in [-0.2, 0) is 14.8 Å². The van der Waals surface area contributed by atoms with Crippen molar-refractivity contribution in [3.8, 4) is 0 Å². The molecule has 4 rings (SSSR count). The first kappa shape index (κ1) is 18.1. The van der Waals surface area contributed by atoms with E-state index in [1.54, 1.807) is 22.5 Å². The number of allylic oxidation sites excluding steroid dienone is 1. The Morgan fingerprint density at radius 1 is 0.926 bits per heavy atom. The van der Waals surface area contributed by atoms with Crippen LogP contribution >= 0.6 is 0 Å². The van der Waals surface area contributed by atoms with Gasteiger partial charge in [0.2, 0.25) is 10.0 Å². The van der Waals surface area contributed by atoms with Crippen molar-refractivity contribution in [3.63, 3.8) is 0 Å². The third-order valence-electron chi connectivity index (χ3n) is 5.84. The zero-order valence-corrected chi connectivity index (χ0v) is 16.3. The molecule has 3 atom stereocenters. The standard InChI is InChI=1S/C22H23NO3S/c1-15-8-10-18(11-9-15)27(25,26)23-13-19-16(2)12-21(24)22(20(19)14-23)17-6-4-3-5-7-17/h3-12,19-20,22H,13-14H2,1-2H3/t19-,20-,22+/m1/s1. The molecular weight excluding hydrogens is 358 g/mol. The molecule has 0 N–H and O–H groups in total. The molecule has 0 radical (unpaired) electrons. The third kappa shape index (κ3) is 3.15. The summed E-state index contributed by atoms with van der Waals surface area (Å²) in [4.78, 5) is 13.1. The summed E-state index contributed by atoms with van der Waals surface area (Å²) < 4.78 is 27.8. The van der Waals surface area contributed by atoms with Crippen molar-refractivity contribution in [2.24, 2.45) is 11.8 Å². The van der Waals surface area contributed by atoms with Crippen LogP contribution in [0.2, 0.25) is 0 Å². The Morgan fingerprint density at radius 2 is 1.59 bits per heavy atom. The number of ketones is 1. The van der Waals surface area contributed by atoms with Gasteiger partial charge >= 0.3 is 0 Å². The number of fused-ring (bicyclic) bond motifs is 1. The molecule has 0 aromatic heterocycles. The molecule has 0 amide bonds. The van der Waals surface area contributed by atoms with Crippen LogP contribution in [0.15, 0.2) is 71.1 Å². The van der Waals surface area contributed by atoms with Crippen LogP contribution in [0, 0.1) is 18.8 Å². The Hall–Kier alpha value is -2.24. The monoisotopic (exact) mass is 381 g/mol. The zero-order valence-electron chi connectivity index (χ0n) is 15.5. The summed E-state index contributed by atoms with van der Waals surface area (Å²) >= 11 is 0. The van der Waals surface area contributed by atoms with Gasteiger partial charge < -0.3 is 0 Å². The minimum Gasteiger partial charge on any atom is -0.294 e. The highest BCUT2D eigenvalue weighted by atomic mass is 32.2. The van der Waals surface area contributed by atoms with E-state index in [0.29, 0.717) is 18.0 Å². The molecule has 1 aliphatic carbocycles. The van der Waals surface area contributed by atoms with Gasteiger partial charge in [-0.2, -0.15) is 4.31 Å². The third-order valence-corrected chi connectivity index (χ3v) is 7.68. The molecule has 0 bridgehead atoms. The molecule has 4 nitrogen and oxygen atoms in total. The number of benzene rings is 2. The van der Waals surface area contributed by atoms with Gasteiger partial charge in [0.1, 0.15) is 0 Å². The SMILES string of the molecule is CC1=CC(=O)[C@@H](c2ccccc2)[C@@H]2CN(S(=O)(=O)c3ccc(C)cc3)C[C@H]12. The summed E-state index contributed by atoms with van der Waals surface area (Å²) in [5, 5.41) is 0. The highest BCUT2D eigenvalue weighted by Crippen LogP contribution is 2.44. The van der Waals surface area contributed by atoms with Crippen LogP contribution in [0.5, 0.6) is 0 Å². The van der Waals surface area contributed by atoms with Gasteiger partial charge in [-0.15, -0.1) is 0 Å². The van der Waals surface area contributed by atoms with Gasteiger partial charge in [-0.3, -0.25) is 4.79 Å². The number of nitrogens with zero attached hydrogens (tertiary/aromatic N) is 1. The lowest BCUT2D eigenvalue weighted by atomic mass is 9.71. The van der Waals surface area contributed by atoms with E-state index >= 15 is 0 Å². The van der Waals surface area contributed by atoms with Crippen molar-refractivity contribution < 1.29 is 13.2 Å². The molecule has 1 saturated heterocycles. The molecule has 2 aromatic rings. The van der Waals surface area contributed by atoms with Crippen LogP contribution < -0.4 is 0 Å². The fourth-order valence-corrected chi connectivity index (χ4v) is 5.87. The first-order valence-electron chi connectivity index (χ1n) is 9.22. The molecule has 0 saturated carbocycles. The quantitative estimate of drug-likeness (QED) is 0.817. The second-order valence-electron chi connectivity index (χ2n) is 7.58. The maximum absolute atomic E-state index is 13.1. The topological polar surface area (TPSA) is 54.5 Å². The number of sulfonamides is 1. The molecule has 0 spiro atoms. The predicted octanol–water partition coefficient (Wildman–Crippen LogP) is 3.54. The lowest BCUT2D eigenvalue weighted by Crippen LogP contribution is -2.32. The van der Waals surface area contributed by atoms with Crippen LogP contribution in [0.1, 0.15) is 24.0 Å². The minimum atomic E-state index is -3.57. The van der Waals surface area contributed by atoms with E-state index in [-0.39, 0.29) is 23.5 Å². The first-order chi connectivity index (χ1) is 12.9. The van der Waals surface area contributed by atoms with Crippen LogP contribution in [-0.4, -0.2) is 31.6 Å². The summed E-state index contributed by atoms with van der Waals surface area (Å²) in [7, 11) is -3.57. The minimum absolute atomic E-state index is 0.0230. The highest BCUT2D eigenvalue weighted by molar-refractivity contribution is 7.89. The molecule has 1 aliphatic heterocycles. The summed E-state index contributed by atoms with van der Waals surface area (Å²) in [6.07, 6.45) is 1.71. The molecule has 2 aliphatic rings. The van der Waals surface area contributed by atoms with E-state index in [2.05, 4.69) is 0 Å². The van der Waals surface area contributed by atoms with E-state index < -0.39 is 10.0 Å². The van der Waals surface area contributed by atoms with E-state index in [0.717, 1.165) is 16.7 Å². The number of rotatable bonds is 3.